The van der Waals surface area contributed by atoms with Crippen LogP contribution in [0.15, 0.2) is 35.1 Å². The van der Waals surface area contributed by atoms with Gasteiger partial charge in [0, 0.05) is 16.2 Å². The Hall–Kier alpha value is -3.36. The molecule has 1 saturated heterocycles. The lowest BCUT2D eigenvalue weighted by molar-refractivity contribution is 0.0900. The summed E-state index contributed by atoms with van der Waals surface area (Å²) < 4.78 is 27.5. The van der Waals surface area contributed by atoms with Crippen molar-refractivity contribution < 1.29 is 13.7 Å². The average Bonchev–Trinajstić information content (AvgIpc) is 3.56. The minimum atomic E-state index is -0.491. The van der Waals surface area contributed by atoms with E-state index >= 15 is 0 Å². The average molecular weight is 482 g/mol. The Kier molecular flexibility index (Phi) is 6.02. The van der Waals surface area contributed by atoms with Gasteiger partial charge in [0.15, 0.2) is 5.76 Å². The van der Waals surface area contributed by atoms with E-state index < -0.39 is 5.82 Å². The van der Waals surface area contributed by atoms with Crippen molar-refractivity contribution in [2.75, 3.05) is 19.7 Å². The van der Waals surface area contributed by atoms with Gasteiger partial charge in [-0.15, -0.1) is 10.2 Å². The highest BCUT2D eigenvalue weighted by molar-refractivity contribution is 7.18. The second kappa shape index (κ2) is 9.12. The van der Waals surface area contributed by atoms with Gasteiger partial charge in [0.1, 0.15) is 5.82 Å². The molecule has 0 bridgehead atoms. The molecule has 1 N–H and O–H groups in total. The van der Waals surface area contributed by atoms with Crippen molar-refractivity contribution in [3.8, 4) is 22.5 Å². The molecule has 0 radical (unpaired) electrons. The molecule has 2 atom stereocenters. The number of ether oxygens (including phenoxy) is 1. The molecule has 1 unspecified atom stereocenters. The molecule has 176 valence electrons. The number of nitrogens with one attached hydrogen (secondary N) is 1. The van der Waals surface area contributed by atoms with Crippen LogP contribution in [0.4, 0.5) is 4.39 Å². The van der Waals surface area contributed by atoms with Gasteiger partial charge in [0.25, 0.3) is 5.19 Å². The molecule has 0 spiro atoms. The number of hydrogen-bond acceptors (Lipinski definition) is 9. The SMILES string of the molecule is CC(C)C1CNCC[C@@]1(CCOc1nn2cc(-c3ccc(C#N)cc3F)nc2s1)c1cnno1. The number of imidazole rings is 1. The van der Waals surface area contributed by atoms with E-state index in [0.717, 1.165) is 31.7 Å². The topological polar surface area (TPSA) is 114 Å². The van der Waals surface area contributed by atoms with Gasteiger partial charge < -0.3 is 14.6 Å². The lowest BCUT2D eigenvalue weighted by Crippen LogP contribution is -2.50. The van der Waals surface area contributed by atoms with E-state index in [-0.39, 0.29) is 11.0 Å². The van der Waals surface area contributed by atoms with Crippen molar-refractivity contribution in [3.05, 3.63) is 47.7 Å². The van der Waals surface area contributed by atoms with E-state index in [0.29, 0.717) is 39.9 Å². The summed E-state index contributed by atoms with van der Waals surface area (Å²) >= 11 is 1.30. The van der Waals surface area contributed by atoms with E-state index in [1.54, 1.807) is 29.0 Å². The van der Waals surface area contributed by atoms with Crippen LogP contribution >= 0.6 is 11.3 Å². The summed E-state index contributed by atoms with van der Waals surface area (Å²) in [4.78, 5) is 5.09. The summed E-state index contributed by atoms with van der Waals surface area (Å²) in [7, 11) is 0. The zero-order valence-corrected chi connectivity index (χ0v) is 19.7. The van der Waals surface area contributed by atoms with Gasteiger partial charge in [-0.25, -0.2) is 13.9 Å². The molecule has 4 aromatic rings. The second-order valence-electron chi connectivity index (χ2n) is 8.87. The molecule has 0 amide bonds. The molecule has 4 heterocycles. The van der Waals surface area contributed by atoms with E-state index in [9.17, 15) is 4.39 Å². The molecule has 3 aromatic heterocycles. The van der Waals surface area contributed by atoms with Crippen LogP contribution in [0.2, 0.25) is 0 Å². The number of rotatable bonds is 7. The summed E-state index contributed by atoms with van der Waals surface area (Å²) in [5, 5.41) is 25.0. The Morgan fingerprint density at radius 1 is 1.44 bits per heavy atom. The number of nitriles is 1. The monoisotopic (exact) mass is 481 g/mol. The highest BCUT2D eigenvalue weighted by Crippen LogP contribution is 2.44. The first-order chi connectivity index (χ1) is 16.5. The summed E-state index contributed by atoms with van der Waals surface area (Å²) in [6.07, 6.45) is 5.04. The third-order valence-corrected chi connectivity index (χ3v) is 7.49. The van der Waals surface area contributed by atoms with Gasteiger partial charge in [-0.2, -0.15) is 5.26 Å². The van der Waals surface area contributed by atoms with Crippen LogP contribution in [-0.4, -0.2) is 44.7 Å². The van der Waals surface area contributed by atoms with Gasteiger partial charge in [0.2, 0.25) is 4.96 Å². The molecule has 0 aliphatic carbocycles. The van der Waals surface area contributed by atoms with Gasteiger partial charge in [-0.3, -0.25) is 0 Å². The molecular weight excluding hydrogens is 457 g/mol. The van der Waals surface area contributed by atoms with E-state index in [2.05, 4.69) is 39.6 Å². The number of halogens is 1. The van der Waals surface area contributed by atoms with Crippen LogP contribution in [0, 0.1) is 29.0 Å². The predicted octanol–water partition coefficient (Wildman–Crippen LogP) is 3.82. The fourth-order valence-corrected chi connectivity index (χ4v) is 5.69. The van der Waals surface area contributed by atoms with Crippen molar-refractivity contribution >= 4 is 16.3 Å². The minimum Gasteiger partial charge on any atom is -0.469 e. The summed E-state index contributed by atoms with van der Waals surface area (Å²) in [6, 6.07) is 6.26. The van der Waals surface area contributed by atoms with Gasteiger partial charge in [-0.05, 0) is 67.3 Å². The summed E-state index contributed by atoms with van der Waals surface area (Å²) in [5.74, 6) is 1.12. The number of nitrogens with zero attached hydrogens (tertiary/aromatic N) is 6. The number of piperidine rings is 1. The molecule has 1 fully saturated rings. The molecule has 1 aliphatic rings. The molecule has 0 saturated carbocycles. The van der Waals surface area contributed by atoms with Gasteiger partial charge in [0.05, 0.1) is 36.3 Å². The largest absolute Gasteiger partial charge is 0.469 e. The maximum atomic E-state index is 14.4. The van der Waals surface area contributed by atoms with Crippen LogP contribution in [0.1, 0.15) is 38.0 Å². The van der Waals surface area contributed by atoms with Crippen molar-refractivity contribution in [1.82, 2.24) is 30.3 Å². The van der Waals surface area contributed by atoms with Crippen molar-refractivity contribution in [3.63, 3.8) is 0 Å². The van der Waals surface area contributed by atoms with Crippen LogP contribution in [0.5, 0.6) is 5.19 Å². The fraction of sp³-hybridized carbons (Fsp3) is 0.435. The number of hydrogen-bond donors (Lipinski definition) is 1. The Bertz CT molecular complexity index is 1300. The van der Waals surface area contributed by atoms with Crippen LogP contribution in [0.3, 0.4) is 0 Å². The van der Waals surface area contributed by atoms with E-state index in [1.165, 1.54) is 17.4 Å². The van der Waals surface area contributed by atoms with Crippen molar-refractivity contribution in [2.45, 2.75) is 32.1 Å². The van der Waals surface area contributed by atoms with Crippen LogP contribution < -0.4 is 10.1 Å². The Morgan fingerprint density at radius 3 is 3.03 bits per heavy atom. The summed E-state index contributed by atoms with van der Waals surface area (Å²) in [6.45, 7) is 6.70. The number of fused-ring (bicyclic) bond motifs is 1. The summed E-state index contributed by atoms with van der Waals surface area (Å²) in [5.41, 5.74) is 0.843. The van der Waals surface area contributed by atoms with Crippen LogP contribution in [-0.2, 0) is 5.41 Å². The maximum Gasteiger partial charge on any atom is 0.294 e. The highest BCUT2D eigenvalue weighted by Gasteiger charge is 2.46. The lowest BCUT2D eigenvalue weighted by atomic mass is 9.63. The zero-order valence-electron chi connectivity index (χ0n) is 18.9. The normalized spacial score (nSPS) is 20.6. The molecule has 5 rings (SSSR count). The molecule has 11 heteroatoms. The van der Waals surface area contributed by atoms with Gasteiger partial charge >= 0.3 is 0 Å². The highest BCUT2D eigenvalue weighted by atomic mass is 32.1. The number of benzene rings is 1. The Balaban J connectivity index is 1.32. The van der Waals surface area contributed by atoms with Crippen molar-refractivity contribution in [2.24, 2.45) is 11.8 Å². The van der Waals surface area contributed by atoms with Gasteiger partial charge in [-0.1, -0.05) is 13.8 Å². The standard InChI is InChI=1S/C23H24FN7O2S/c1-14(2)17-11-26-7-5-23(17,20-12-27-30-33-20)6-8-32-22-29-31-13-19(28-21(31)34-22)16-4-3-15(10-25)9-18(16)24/h3-4,9,12-14,17,26H,5-8,11H2,1-2H3/t17?,23-/m0/s1. The zero-order chi connectivity index (χ0) is 23.7. The van der Waals surface area contributed by atoms with Crippen molar-refractivity contribution in [1.29, 1.82) is 5.26 Å². The lowest BCUT2D eigenvalue weighted by Gasteiger charge is -2.44. The van der Waals surface area contributed by atoms with E-state index in [4.69, 9.17) is 14.5 Å². The first-order valence-electron chi connectivity index (χ1n) is 11.2. The quantitative estimate of drug-likeness (QED) is 0.424. The third kappa shape index (κ3) is 4.03. The van der Waals surface area contributed by atoms with Crippen LogP contribution in [0.25, 0.3) is 16.2 Å². The molecule has 1 aliphatic heterocycles. The molecular formula is C23H24FN7O2S. The molecule has 1 aromatic carbocycles. The first kappa shape index (κ1) is 22.4. The third-order valence-electron chi connectivity index (χ3n) is 6.65. The predicted molar refractivity (Wildman–Crippen MR) is 123 cm³/mol. The smallest absolute Gasteiger partial charge is 0.294 e. The number of aromatic nitrogens is 5. The minimum absolute atomic E-state index is 0.208. The molecule has 34 heavy (non-hydrogen) atoms. The maximum absolute atomic E-state index is 14.4. The fourth-order valence-electron chi connectivity index (χ4n) is 4.93. The van der Waals surface area contributed by atoms with E-state index in [1.807, 2.05) is 6.07 Å². The molecule has 9 nitrogen and oxygen atoms in total. The first-order valence-corrected chi connectivity index (χ1v) is 12.0. The second-order valence-corrected chi connectivity index (χ2v) is 9.79. The Labute approximate surface area is 199 Å². The Morgan fingerprint density at radius 2 is 2.32 bits per heavy atom.